The van der Waals surface area contributed by atoms with Gasteiger partial charge in [-0.1, -0.05) is 0 Å². The Morgan fingerprint density at radius 2 is 2.64 bits per heavy atom. The number of thiazole rings is 1. The zero-order chi connectivity index (χ0) is 9.97. The molecule has 1 atom stereocenters. The van der Waals surface area contributed by atoms with Gasteiger partial charge < -0.3 is 5.32 Å². The van der Waals surface area contributed by atoms with Gasteiger partial charge in [-0.05, 0) is 26.4 Å². The molecule has 2 rings (SSSR count). The molecule has 0 saturated carbocycles. The largest absolute Gasteiger partial charge is 0.301 e. The number of carbonyl (C=O) groups is 1. The van der Waals surface area contributed by atoms with Crippen LogP contribution in [-0.4, -0.2) is 35.4 Å². The first-order valence-electron chi connectivity index (χ1n) is 4.68. The van der Waals surface area contributed by atoms with Crippen LogP contribution >= 0.6 is 11.3 Å². The van der Waals surface area contributed by atoms with E-state index in [1.54, 1.807) is 6.20 Å². The van der Waals surface area contributed by atoms with Crippen LogP contribution in [0.5, 0.6) is 0 Å². The van der Waals surface area contributed by atoms with Gasteiger partial charge in [0.05, 0.1) is 6.04 Å². The molecule has 1 aromatic rings. The second-order valence-corrected chi connectivity index (χ2v) is 4.36. The molecule has 1 saturated heterocycles. The molecule has 0 spiro atoms. The molecule has 1 aromatic heterocycles. The molecule has 4 nitrogen and oxygen atoms in total. The molecule has 2 heterocycles. The molecule has 1 unspecified atom stereocenters. The Morgan fingerprint density at radius 3 is 3.21 bits per heavy atom. The first kappa shape index (κ1) is 9.61. The SMILES string of the molecule is CN1CCCC1C(=O)Nc1nccs1. The Balaban J connectivity index is 1.95. The van der Waals surface area contributed by atoms with Crippen LogP contribution in [0.3, 0.4) is 0 Å². The lowest BCUT2D eigenvalue weighted by Crippen LogP contribution is -2.37. The van der Waals surface area contributed by atoms with E-state index < -0.39 is 0 Å². The van der Waals surface area contributed by atoms with Gasteiger partial charge in [0.15, 0.2) is 5.13 Å². The van der Waals surface area contributed by atoms with E-state index in [0.717, 1.165) is 19.4 Å². The highest BCUT2D eigenvalue weighted by atomic mass is 32.1. The van der Waals surface area contributed by atoms with Crippen LogP contribution in [0.1, 0.15) is 12.8 Å². The van der Waals surface area contributed by atoms with Crippen LogP contribution < -0.4 is 5.32 Å². The molecule has 0 aliphatic carbocycles. The lowest BCUT2D eigenvalue weighted by molar-refractivity contribution is -0.119. The maximum absolute atomic E-state index is 11.7. The fraction of sp³-hybridized carbons (Fsp3) is 0.556. The number of anilines is 1. The standard InChI is InChI=1S/C9H13N3OS/c1-12-5-2-3-7(12)8(13)11-9-10-4-6-14-9/h4,6-7H,2-3,5H2,1H3,(H,10,11,13). The minimum atomic E-state index is 0.0268. The first-order chi connectivity index (χ1) is 6.77. The number of hydrogen-bond donors (Lipinski definition) is 1. The summed E-state index contributed by atoms with van der Waals surface area (Å²) in [5.41, 5.74) is 0. The lowest BCUT2D eigenvalue weighted by atomic mass is 10.2. The third kappa shape index (κ3) is 1.93. The van der Waals surface area contributed by atoms with Crippen molar-refractivity contribution < 1.29 is 4.79 Å². The normalized spacial score (nSPS) is 22.5. The number of rotatable bonds is 2. The van der Waals surface area contributed by atoms with Crippen molar-refractivity contribution in [2.45, 2.75) is 18.9 Å². The summed E-state index contributed by atoms with van der Waals surface area (Å²) in [5, 5.41) is 5.37. The van der Waals surface area contributed by atoms with E-state index in [1.165, 1.54) is 11.3 Å². The molecule has 0 aromatic carbocycles. The summed E-state index contributed by atoms with van der Waals surface area (Å²) in [6, 6.07) is 0.0268. The number of amides is 1. The molecule has 0 radical (unpaired) electrons. The minimum Gasteiger partial charge on any atom is -0.301 e. The van der Waals surface area contributed by atoms with E-state index in [1.807, 2.05) is 12.4 Å². The number of likely N-dealkylation sites (N-methyl/N-ethyl adjacent to an activating group) is 1. The zero-order valence-electron chi connectivity index (χ0n) is 8.06. The Kier molecular flexibility index (Phi) is 2.79. The van der Waals surface area contributed by atoms with Crippen molar-refractivity contribution in [2.75, 3.05) is 18.9 Å². The highest BCUT2D eigenvalue weighted by Crippen LogP contribution is 2.17. The van der Waals surface area contributed by atoms with Gasteiger partial charge in [-0.2, -0.15) is 0 Å². The summed E-state index contributed by atoms with van der Waals surface area (Å²) in [6.45, 7) is 1.01. The molecule has 0 bridgehead atoms. The van der Waals surface area contributed by atoms with E-state index in [4.69, 9.17) is 0 Å². The number of nitrogens with zero attached hydrogens (tertiary/aromatic N) is 2. The highest BCUT2D eigenvalue weighted by Gasteiger charge is 2.27. The Morgan fingerprint density at radius 1 is 1.79 bits per heavy atom. The number of aromatic nitrogens is 1. The van der Waals surface area contributed by atoms with Gasteiger partial charge in [-0.15, -0.1) is 11.3 Å². The molecular weight excluding hydrogens is 198 g/mol. The summed E-state index contributed by atoms with van der Waals surface area (Å²) in [5.74, 6) is 0.0694. The van der Waals surface area contributed by atoms with Gasteiger partial charge in [-0.25, -0.2) is 4.98 Å². The molecule has 1 fully saturated rings. The predicted octanol–water partition coefficient (Wildman–Crippen LogP) is 1.18. The average Bonchev–Trinajstić information content (AvgIpc) is 2.75. The molecule has 1 N–H and O–H groups in total. The van der Waals surface area contributed by atoms with Crippen LogP contribution in [0.25, 0.3) is 0 Å². The maximum atomic E-state index is 11.7. The monoisotopic (exact) mass is 211 g/mol. The van der Waals surface area contributed by atoms with Gasteiger partial charge >= 0.3 is 0 Å². The van der Waals surface area contributed by atoms with Crippen LogP contribution in [0.4, 0.5) is 5.13 Å². The summed E-state index contributed by atoms with van der Waals surface area (Å²) in [7, 11) is 1.99. The Bertz CT molecular complexity index is 312. The Hall–Kier alpha value is -0.940. The summed E-state index contributed by atoms with van der Waals surface area (Å²) < 4.78 is 0. The van der Waals surface area contributed by atoms with Crippen molar-refractivity contribution in [3.63, 3.8) is 0 Å². The van der Waals surface area contributed by atoms with Gasteiger partial charge in [0, 0.05) is 11.6 Å². The quantitative estimate of drug-likeness (QED) is 0.799. The van der Waals surface area contributed by atoms with Gasteiger partial charge in [0.1, 0.15) is 0 Å². The van der Waals surface area contributed by atoms with E-state index in [9.17, 15) is 4.79 Å². The van der Waals surface area contributed by atoms with Gasteiger partial charge in [-0.3, -0.25) is 9.69 Å². The minimum absolute atomic E-state index is 0.0268. The second-order valence-electron chi connectivity index (χ2n) is 3.47. The van der Waals surface area contributed by atoms with Gasteiger partial charge in [0.2, 0.25) is 5.91 Å². The van der Waals surface area contributed by atoms with Crippen LogP contribution in [-0.2, 0) is 4.79 Å². The molecule has 14 heavy (non-hydrogen) atoms. The van der Waals surface area contributed by atoms with E-state index in [2.05, 4.69) is 15.2 Å². The van der Waals surface area contributed by atoms with Crippen molar-refractivity contribution in [1.29, 1.82) is 0 Å². The van der Waals surface area contributed by atoms with Crippen molar-refractivity contribution in [2.24, 2.45) is 0 Å². The summed E-state index contributed by atoms with van der Waals surface area (Å²) in [6.07, 6.45) is 3.75. The zero-order valence-corrected chi connectivity index (χ0v) is 8.88. The highest BCUT2D eigenvalue weighted by molar-refractivity contribution is 7.13. The first-order valence-corrected chi connectivity index (χ1v) is 5.56. The van der Waals surface area contributed by atoms with E-state index in [-0.39, 0.29) is 11.9 Å². The number of likely N-dealkylation sites (tertiary alicyclic amines) is 1. The van der Waals surface area contributed by atoms with Gasteiger partial charge in [0.25, 0.3) is 0 Å². The van der Waals surface area contributed by atoms with Crippen molar-refractivity contribution in [3.8, 4) is 0 Å². The molecular formula is C9H13N3OS. The van der Waals surface area contributed by atoms with E-state index >= 15 is 0 Å². The predicted molar refractivity (Wildman–Crippen MR) is 56.4 cm³/mol. The number of nitrogens with one attached hydrogen (secondary N) is 1. The maximum Gasteiger partial charge on any atom is 0.243 e. The van der Waals surface area contributed by atoms with E-state index in [0.29, 0.717) is 5.13 Å². The average molecular weight is 211 g/mol. The molecule has 1 amide bonds. The fourth-order valence-corrected chi connectivity index (χ4v) is 2.25. The number of carbonyl (C=O) groups excluding carboxylic acids is 1. The number of hydrogen-bond acceptors (Lipinski definition) is 4. The van der Waals surface area contributed by atoms with Crippen molar-refractivity contribution in [3.05, 3.63) is 11.6 Å². The third-order valence-corrected chi connectivity index (χ3v) is 3.17. The van der Waals surface area contributed by atoms with Crippen LogP contribution in [0, 0.1) is 0 Å². The fourth-order valence-electron chi connectivity index (χ4n) is 1.72. The topological polar surface area (TPSA) is 45.2 Å². The molecule has 1 aliphatic heterocycles. The van der Waals surface area contributed by atoms with Crippen LogP contribution in [0.2, 0.25) is 0 Å². The summed E-state index contributed by atoms with van der Waals surface area (Å²) >= 11 is 1.45. The third-order valence-electron chi connectivity index (χ3n) is 2.49. The smallest absolute Gasteiger partial charge is 0.243 e. The second kappa shape index (κ2) is 4.06. The Labute approximate surface area is 86.9 Å². The molecule has 5 heteroatoms. The van der Waals surface area contributed by atoms with Crippen LogP contribution in [0.15, 0.2) is 11.6 Å². The lowest BCUT2D eigenvalue weighted by Gasteiger charge is -2.17. The van der Waals surface area contributed by atoms with Crippen molar-refractivity contribution >= 4 is 22.4 Å². The van der Waals surface area contributed by atoms with Crippen molar-refractivity contribution in [1.82, 2.24) is 9.88 Å². The molecule has 76 valence electrons. The summed E-state index contributed by atoms with van der Waals surface area (Å²) in [4.78, 5) is 17.8. The molecule has 1 aliphatic rings.